The molecule has 3 nitrogen and oxygen atoms in total. The topological polar surface area (TPSA) is 57.5 Å². The molecule has 0 aromatic heterocycles. The van der Waals surface area contributed by atoms with Crippen molar-refractivity contribution in [2.24, 2.45) is 34.5 Å². The predicted octanol–water partition coefficient (Wildman–Crippen LogP) is 8.29. The maximum absolute atomic E-state index is 12.7. The number of aliphatic carboxylic acids is 1. The Labute approximate surface area is 219 Å². The molecule has 0 radical (unpaired) electrons. The van der Waals surface area contributed by atoms with Crippen LogP contribution in [0.2, 0.25) is 0 Å². The van der Waals surface area contributed by atoms with Crippen LogP contribution in [0.25, 0.3) is 0 Å². The summed E-state index contributed by atoms with van der Waals surface area (Å²) in [6, 6.07) is 2.19. The number of carboxylic acid groups (broad SMARTS) is 1. The molecule has 0 heterocycles. The minimum Gasteiger partial charge on any atom is -0.507 e. The number of phenolic OH excluding ortho intramolecular Hbond substituents is 1. The first-order chi connectivity index (χ1) is 16.6. The van der Waals surface area contributed by atoms with Crippen molar-refractivity contribution >= 4 is 5.97 Å². The number of phenols is 1. The molecule has 1 unspecified atom stereocenters. The van der Waals surface area contributed by atoms with E-state index in [4.69, 9.17) is 0 Å². The molecule has 0 amide bonds. The third-order valence-electron chi connectivity index (χ3n) is 10.6. The van der Waals surface area contributed by atoms with Gasteiger partial charge in [0.05, 0.1) is 5.41 Å². The fourth-order valence-corrected chi connectivity index (χ4v) is 8.14. The summed E-state index contributed by atoms with van der Waals surface area (Å²) in [6.07, 6.45) is 10.4. The van der Waals surface area contributed by atoms with E-state index >= 15 is 0 Å². The first-order valence-corrected chi connectivity index (χ1v) is 14.1. The second-order valence-corrected chi connectivity index (χ2v) is 13.9. The SMILES string of the molecule is Cc1cc(C(C)(C)C)c(O)c(C)c1CC1CC[C@@](C)(C(=O)O)[C@@H]2CC=C3C=C(C(C)C)CC[C@@H]3[C@@]12C. The minimum atomic E-state index is -0.697. The average Bonchev–Trinajstić information content (AvgIpc) is 2.79. The molecule has 3 aliphatic rings. The average molecular weight is 493 g/mol. The Bertz CT molecular complexity index is 1110. The zero-order chi connectivity index (χ0) is 26.8. The highest BCUT2D eigenvalue weighted by atomic mass is 16.4. The van der Waals surface area contributed by atoms with Gasteiger partial charge in [-0.25, -0.2) is 0 Å². The van der Waals surface area contributed by atoms with Gasteiger partial charge in [-0.3, -0.25) is 4.79 Å². The van der Waals surface area contributed by atoms with Crippen LogP contribution < -0.4 is 0 Å². The molecule has 2 N–H and O–H groups in total. The number of fused-ring (bicyclic) bond motifs is 3. The molecule has 1 aromatic carbocycles. The van der Waals surface area contributed by atoms with Gasteiger partial charge in [0.2, 0.25) is 0 Å². The molecule has 36 heavy (non-hydrogen) atoms. The molecular weight excluding hydrogens is 444 g/mol. The zero-order valence-electron chi connectivity index (χ0n) is 24.1. The van der Waals surface area contributed by atoms with Gasteiger partial charge in [0, 0.05) is 0 Å². The third-order valence-corrected chi connectivity index (χ3v) is 10.6. The first-order valence-electron chi connectivity index (χ1n) is 14.1. The van der Waals surface area contributed by atoms with Gasteiger partial charge in [0.1, 0.15) is 5.75 Å². The highest BCUT2D eigenvalue weighted by Crippen LogP contribution is 2.65. The first kappa shape index (κ1) is 27.0. The molecule has 0 spiro atoms. The Morgan fingerprint density at radius 2 is 1.83 bits per heavy atom. The number of aryl methyl sites for hydroxylation is 1. The van der Waals surface area contributed by atoms with Crippen molar-refractivity contribution in [3.8, 4) is 5.75 Å². The molecule has 0 aliphatic heterocycles. The standard InChI is InChI=1S/C33H48O3/c1-19(2)22-10-12-26-23(17-22)11-13-28-32(8,30(35)36)15-14-24(33(26,28)9)18-25-20(3)16-27(31(5,6)7)29(34)21(25)4/h11,16-17,19,24,26,28,34H,10,12-15,18H2,1-9H3,(H,35,36)/t24?,26-,28-,32+,33+/m0/s1. The lowest BCUT2D eigenvalue weighted by atomic mass is 9.43. The van der Waals surface area contributed by atoms with Crippen LogP contribution in [0, 0.1) is 48.3 Å². The van der Waals surface area contributed by atoms with E-state index in [1.165, 1.54) is 22.3 Å². The quantitative estimate of drug-likeness (QED) is 0.444. The molecule has 5 atom stereocenters. The normalized spacial score (nSPS) is 32.4. The van der Waals surface area contributed by atoms with E-state index in [2.05, 4.69) is 73.6 Å². The van der Waals surface area contributed by atoms with Gasteiger partial charge in [-0.05, 0) is 122 Å². The van der Waals surface area contributed by atoms with E-state index in [1.54, 1.807) is 0 Å². The Morgan fingerprint density at radius 1 is 1.17 bits per heavy atom. The molecule has 1 saturated carbocycles. The van der Waals surface area contributed by atoms with Crippen molar-refractivity contribution < 1.29 is 15.0 Å². The molecule has 3 heteroatoms. The van der Waals surface area contributed by atoms with E-state index in [9.17, 15) is 15.0 Å². The Kier molecular flexibility index (Phi) is 6.80. The van der Waals surface area contributed by atoms with Gasteiger partial charge in [0.25, 0.3) is 0 Å². The number of hydrogen-bond donors (Lipinski definition) is 2. The summed E-state index contributed by atoms with van der Waals surface area (Å²) < 4.78 is 0. The molecule has 1 fully saturated rings. The van der Waals surface area contributed by atoms with Gasteiger partial charge < -0.3 is 10.2 Å². The minimum absolute atomic E-state index is 0.0916. The zero-order valence-corrected chi connectivity index (χ0v) is 24.1. The third kappa shape index (κ3) is 4.15. The molecule has 3 aliphatic carbocycles. The summed E-state index contributed by atoms with van der Waals surface area (Å²) in [5.41, 5.74) is 6.59. The second kappa shape index (κ2) is 9.07. The lowest BCUT2D eigenvalue weighted by molar-refractivity contribution is -0.168. The molecule has 0 saturated heterocycles. The molecular formula is C33H48O3. The predicted molar refractivity (Wildman–Crippen MR) is 148 cm³/mol. The number of hydrogen-bond acceptors (Lipinski definition) is 2. The maximum Gasteiger partial charge on any atom is 0.309 e. The highest BCUT2D eigenvalue weighted by Gasteiger charge is 2.60. The second-order valence-electron chi connectivity index (χ2n) is 13.9. The van der Waals surface area contributed by atoms with Gasteiger partial charge in [-0.15, -0.1) is 0 Å². The number of carbonyl (C=O) groups is 1. The lowest BCUT2D eigenvalue weighted by Gasteiger charge is -2.60. The van der Waals surface area contributed by atoms with Crippen molar-refractivity contribution in [3.05, 3.63) is 51.6 Å². The largest absolute Gasteiger partial charge is 0.507 e. The smallest absolute Gasteiger partial charge is 0.309 e. The lowest BCUT2D eigenvalue weighted by Crippen LogP contribution is -2.57. The number of carboxylic acids is 1. The molecule has 4 rings (SSSR count). The van der Waals surface area contributed by atoms with Crippen LogP contribution >= 0.6 is 0 Å². The monoisotopic (exact) mass is 492 g/mol. The van der Waals surface area contributed by atoms with E-state index in [-0.39, 0.29) is 16.7 Å². The number of allylic oxidation sites excluding steroid dienone is 4. The Morgan fingerprint density at radius 3 is 2.42 bits per heavy atom. The Balaban J connectivity index is 1.80. The summed E-state index contributed by atoms with van der Waals surface area (Å²) in [7, 11) is 0. The molecule has 198 valence electrons. The van der Waals surface area contributed by atoms with Gasteiger partial charge in [0.15, 0.2) is 0 Å². The van der Waals surface area contributed by atoms with Crippen LogP contribution in [-0.2, 0) is 16.6 Å². The summed E-state index contributed by atoms with van der Waals surface area (Å²) >= 11 is 0. The summed E-state index contributed by atoms with van der Waals surface area (Å²) in [4.78, 5) is 12.7. The van der Waals surface area contributed by atoms with Gasteiger partial charge in [-0.1, -0.05) is 65.3 Å². The molecule has 1 aromatic rings. The van der Waals surface area contributed by atoms with E-state index < -0.39 is 11.4 Å². The highest BCUT2D eigenvalue weighted by molar-refractivity contribution is 5.75. The van der Waals surface area contributed by atoms with E-state index in [1.807, 2.05) is 6.92 Å². The fraction of sp³-hybridized carbons (Fsp3) is 0.667. The van der Waals surface area contributed by atoms with Crippen LogP contribution in [0.4, 0.5) is 0 Å². The summed E-state index contributed by atoms with van der Waals surface area (Å²) in [5, 5.41) is 21.6. The van der Waals surface area contributed by atoms with Crippen molar-refractivity contribution in [3.63, 3.8) is 0 Å². The number of aromatic hydroxyl groups is 1. The van der Waals surface area contributed by atoms with Crippen LogP contribution in [0.3, 0.4) is 0 Å². The van der Waals surface area contributed by atoms with E-state index in [0.29, 0.717) is 23.5 Å². The van der Waals surface area contributed by atoms with Crippen molar-refractivity contribution in [1.82, 2.24) is 0 Å². The van der Waals surface area contributed by atoms with Crippen molar-refractivity contribution in [2.75, 3.05) is 0 Å². The Hall–Kier alpha value is -2.03. The maximum atomic E-state index is 12.7. The molecule has 0 bridgehead atoms. The fourth-order valence-electron chi connectivity index (χ4n) is 8.14. The van der Waals surface area contributed by atoms with Crippen LogP contribution in [0.1, 0.15) is 103 Å². The van der Waals surface area contributed by atoms with E-state index in [0.717, 1.165) is 49.7 Å². The number of rotatable bonds is 4. The van der Waals surface area contributed by atoms with Crippen molar-refractivity contribution in [1.29, 1.82) is 0 Å². The number of benzene rings is 1. The van der Waals surface area contributed by atoms with Crippen LogP contribution in [-0.4, -0.2) is 16.2 Å². The van der Waals surface area contributed by atoms with Gasteiger partial charge >= 0.3 is 5.97 Å². The van der Waals surface area contributed by atoms with Crippen LogP contribution in [0.15, 0.2) is 29.4 Å². The van der Waals surface area contributed by atoms with Crippen LogP contribution in [0.5, 0.6) is 5.75 Å². The van der Waals surface area contributed by atoms with Crippen molar-refractivity contribution in [2.45, 2.75) is 106 Å². The summed E-state index contributed by atoms with van der Waals surface area (Å²) in [5.74, 6) is 1.25. The van der Waals surface area contributed by atoms with Gasteiger partial charge in [-0.2, -0.15) is 0 Å². The summed E-state index contributed by atoms with van der Waals surface area (Å²) in [6.45, 7) is 19.7.